The van der Waals surface area contributed by atoms with Crippen LogP contribution in [0.1, 0.15) is 63.0 Å². The second-order valence-electron chi connectivity index (χ2n) is 17.6. The zero-order valence-corrected chi connectivity index (χ0v) is 29.8. The summed E-state index contributed by atoms with van der Waals surface area (Å²) in [5.41, 5.74) is 2.93. The molecule has 262 valence electrons. The average Bonchev–Trinajstić information content (AvgIpc) is 3.80. The molecule has 0 bridgehead atoms. The monoisotopic (exact) mass is 682 g/mol. The van der Waals surface area contributed by atoms with Crippen molar-refractivity contribution in [2.45, 2.75) is 77.6 Å². The van der Waals surface area contributed by atoms with Crippen molar-refractivity contribution in [2.75, 3.05) is 26.8 Å². The number of amides is 2. The summed E-state index contributed by atoms with van der Waals surface area (Å²) < 4.78 is 31.6. The summed E-state index contributed by atoms with van der Waals surface area (Å²) in [5, 5.41) is 5.06. The van der Waals surface area contributed by atoms with Crippen LogP contribution in [0.25, 0.3) is 11.5 Å². The Morgan fingerprint density at radius 1 is 1.06 bits per heavy atom. The Bertz CT molecular complexity index is 2160. The SMILES string of the molecule is COCCN(C(C)=O)C12C3C4C35C1C13C2C1C4(n1ccn(-c2c4c(nn2-c2cc(C)c(F)c(C)c2)CCN(C(=O)OC(C)(C)C)C4C)c1=O)C53. The average molecular weight is 683 g/mol. The number of ether oxygens (including phenoxy) is 2. The number of nitrogens with zero attached hydrogens (tertiary/aromatic N) is 6. The van der Waals surface area contributed by atoms with Crippen molar-refractivity contribution in [3.05, 3.63) is 63.2 Å². The van der Waals surface area contributed by atoms with Crippen molar-refractivity contribution in [3.8, 4) is 11.5 Å². The van der Waals surface area contributed by atoms with Gasteiger partial charge >= 0.3 is 11.8 Å². The van der Waals surface area contributed by atoms with Crippen molar-refractivity contribution >= 4 is 12.0 Å². The van der Waals surface area contributed by atoms with Crippen LogP contribution in [0.15, 0.2) is 29.3 Å². The molecule has 0 radical (unpaired) electrons. The van der Waals surface area contributed by atoms with Crippen molar-refractivity contribution < 1.29 is 23.5 Å². The van der Waals surface area contributed by atoms with Crippen molar-refractivity contribution in [2.24, 2.45) is 46.3 Å². The normalized spacial score (nSPS) is 40.5. The fourth-order valence-electron chi connectivity index (χ4n) is 14.6. The second-order valence-corrected chi connectivity index (χ2v) is 17.6. The van der Waals surface area contributed by atoms with Gasteiger partial charge in [-0.05, 0) is 111 Å². The lowest BCUT2D eigenvalue weighted by atomic mass is 9.19. The van der Waals surface area contributed by atoms with Crippen LogP contribution >= 0.6 is 0 Å². The minimum Gasteiger partial charge on any atom is -0.444 e. The number of benzene rings is 1. The van der Waals surface area contributed by atoms with Gasteiger partial charge in [-0.15, -0.1) is 0 Å². The molecule has 7 unspecified atom stereocenters. The third kappa shape index (κ3) is 2.55. The minimum absolute atomic E-state index is 0.0288. The summed E-state index contributed by atoms with van der Waals surface area (Å²) in [6.45, 7) is 14.3. The van der Waals surface area contributed by atoms with Crippen LogP contribution in [0, 0.1) is 66.0 Å². The number of imidazole rings is 1. The Morgan fingerprint density at radius 3 is 2.32 bits per heavy atom. The topological polar surface area (TPSA) is 104 Å². The van der Waals surface area contributed by atoms with Gasteiger partial charge in [-0.25, -0.2) is 18.7 Å². The van der Waals surface area contributed by atoms with E-state index in [1.54, 1.807) is 54.2 Å². The van der Waals surface area contributed by atoms with Crippen molar-refractivity contribution in [1.82, 2.24) is 28.7 Å². The fourth-order valence-corrected chi connectivity index (χ4v) is 14.6. The third-order valence-electron chi connectivity index (χ3n) is 15.1. The Balaban J connectivity index is 1.02. The number of aryl methyl sites for hydroxylation is 2. The predicted octanol–water partition coefficient (Wildman–Crippen LogP) is 4.13. The van der Waals surface area contributed by atoms with Crippen LogP contribution in [-0.4, -0.2) is 78.7 Å². The molecule has 12 heteroatoms. The smallest absolute Gasteiger partial charge is 0.410 e. The van der Waals surface area contributed by atoms with Crippen LogP contribution in [0.3, 0.4) is 0 Å². The summed E-state index contributed by atoms with van der Waals surface area (Å²) in [4.78, 5) is 45.3. The number of carbonyl (C=O) groups excluding carboxylic acids is 2. The van der Waals surface area contributed by atoms with Gasteiger partial charge in [-0.1, -0.05) is 0 Å². The number of hydrogen-bond donors (Lipinski definition) is 0. The van der Waals surface area contributed by atoms with E-state index in [-0.39, 0.29) is 28.5 Å². The van der Waals surface area contributed by atoms with Gasteiger partial charge in [0.1, 0.15) is 17.2 Å². The van der Waals surface area contributed by atoms with E-state index in [2.05, 4.69) is 4.90 Å². The lowest BCUT2D eigenvalue weighted by Crippen LogP contribution is -2.92. The van der Waals surface area contributed by atoms with E-state index in [0.717, 1.165) is 11.3 Å². The highest BCUT2D eigenvalue weighted by Gasteiger charge is 3.31. The van der Waals surface area contributed by atoms with E-state index in [0.29, 0.717) is 95.1 Å². The maximum atomic E-state index is 14.9. The maximum absolute atomic E-state index is 14.9. The quantitative estimate of drug-likeness (QED) is 0.372. The predicted molar refractivity (Wildman–Crippen MR) is 177 cm³/mol. The first-order valence-corrected chi connectivity index (χ1v) is 18.2. The van der Waals surface area contributed by atoms with Crippen LogP contribution in [-0.2, 0) is 26.2 Å². The van der Waals surface area contributed by atoms with E-state index in [4.69, 9.17) is 14.6 Å². The highest BCUT2D eigenvalue weighted by molar-refractivity contribution is 5.84. The molecule has 7 saturated carbocycles. The molecule has 1 aromatic carbocycles. The first-order valence-electron chi connectivity index (χ1n) is 18.2. The van der Waals surface area contributed by atoms with Gasteiger partial charge in [0.2, 0.25) is 5.91 Å². The van der Waals surface area contributed by atoms with Gasteiger partial charge in [0.15, 0.2) is 0 Å². The number of methoxy groups -OCH3 is 1. The lowest BCUT2D eigenvalue weighted by Gasteiger charge is -2.87. The van der Waals surface area contributed by atoms with Crippen molar-refractivity contribution in [3.63, 3.8) is 0 Å². The molecule has 2 spiro atoms. The maximum Gasteiger partial charge on any atom is 0.410 e. The molecule has 3 heterocycles. The van der Waals surface area contributed by atoms with E-state index in [1.165, 1.54) is 0 Å². The van der Waals surface area contributed by atoms with Crippen LogP contribution in [0.5, 0.6) is 0 Å². The van der Waals surface area contributed by atoms with Crippen LogP contribution in [0.2, 0.25) is 0 Å². The summed E-state index contributed by atoms with van der Waals surface area (Å²) in [6, 6.07) is 3.12. The molecule has 8 aliphatic rings. The molecule has 7 fully saturated rings. The number of halogens is 1. The molecule has 50 heavy (non-hydrogen) atoms. The molecule has 2 amide bonds. The summed E-state index contributed by atoms with van der Waals surface area (Å²) in [7, 11) is 1.69. The Morgan fingerprint density at radius 2 is 1.72 bits per heavy atom. The lowest BCUT2D eigenvalue weighted by molar-refractivity contribution is -0.404. The first-order chi connectivity index (χ1) is 23.7. The molecule has 0 saturated heterocycles. The third-order valence-corrected chi connectivity index (χ3v) is 15.1. The molecule has 0 N–H and O–H groups in total. The van der Waals surface area contributed by atoms with E-state index in [9.17, 15) is 18.8 Å². The largest absolute Gasteiger partial charge is 0.444 e. The first kappa shape index (κ1) is 29.8. The number of carbonyl (C=O) groups is 2. The van der Waals surface area contributed by atoms with Gasteiger partial charge < -0.3 is 19.3 Å². The van der Waals surface area contributed by atoms with Gasteiger partial charge in [-0.3, -0.25) is 13.9 Å². The Labute approximate surface area is 289 Å². The molecule has 1 aliphatic heterocycles. The van der Waals surface area contributed by atoms with Crippen LogP contribution in [0.4, 0.5) is 9.18 Å². The van der Waals surface area contributed by atoms with E-state index >= 15 is 0 Å². The van der Waals surface area contributed by atoms with E-state index < -0.39 is 17.7 Å². The summed E-state index contributed by atoms with van der Waals surface area (Å²) >= 11 is 0. The molecular weight excluding hydrogens is 639 g/mol. The molecule has 11 rings (SSSR count). The fraction of sp³-hybridized carbons (Fsp3) is 0.632. The molecule has 3 aromatic rings. The summed E-state index contributed by atoms with van der Waals surface area (Å²) in [5.74, 6) is 3.36. The van der Waals surface area contributed by atoms with Crippen molar-refractivity contribution in [1.29, 1.82) is 0 Å². The zero-order valence-electron chi connectivity index (χ0n) is 29.8. The highest BCUT2D eigenvalue weighted by atomic mass is 19.1. The Hall–Kier alpha value is -3.93. The van der Waals surface area contributed by atoms with Crippen LogP contribution < -0.4 is 5.69 Å². The standard InChI is InChI=1S/C38H43FN6O5/c1-17-15-21(16-18(2)24(17)39)45-29(23-19(3)41(10-9-22(23)40-45)33(48)50-34(5,6)7)42-11-12-44(32(42)47)38-27-25-35(27)30-36(31(35)38)26(28(36)38)37(25,30)43(20(4)46)13-14-49-8/h11-12,15-16,19,25-28,30-31H,9-10,13-14H2,1-8H3. The van der Waals surface area contributed by atoms with Gasteiger partial charge in [-0.2, -0.15) is 5.10 Å². The molecule has 11 nitrogen and oxygen atoms in total. The zero-order chi connectivity index (χ0) is 35.0. The molecule has 2 aromatic heterocycles. The Kier molecular flexibility index (Phi) is 4.91. The molecule has 7 atom stereocenters. The molecule has 7 aliphatic carbocycles. The highest BCUT2D eigenvalue weighted by Crippen LogP contribution is 3.28. The number of rotatable bonds is 7. The van der Waals surface area contributed by atoms with Gasteiger partial charge in [0.05, 0.1) is 35.1 Å². The minimum atomic E-state index is -0.657. The van der Waals surface area contributed by atoms with Gasteiger partial charge in [0.25, 0.3) is 0 Å². The van der Waals surface area contributed by atoms with Gasteiger partial charge in [0, 0.05) is 51.5 Å². The van der Waals surface area contributed by atoms with E-state index in [1.807, 2.05) is 44.7 Å². The number of aromatic nitrogens is 4. The summed E-state index contributed by atoms with van der Waals surface area (Å²) in [6.07, 6.45) is 3.93. The molecular formula is C38H43FN6O5. The number of fused-ring (bicyclic) bond motifs is 7. The second kappa shape index (κ2) is 8.24. The number of hydrogen-bond acceptors (Lipinski definition) is 6.